The van der Waals surface area contributed by atoms with Crippen LogP contribution in [0, 0.1) is 5.82 Å². The molecule has 5 heteroatoms. The zero-order valence-electron chi connectivity index (χ0n) is 10.6. The third-order valence-corrected chi connectivity index (χ3v) is 3.86. The number of aliphatic hydroxyl groups is 1. The van der Waals surface area contributed by atoms with Crippen molar-refractivity contribution >= 4 is 17.5 Å². The van der Waals surface area contributed by atoms with Crippen molar-refractivity contribution < 1.29 is 14.3 Å². The van der Waals surface area contributed by atoms with Crippen LogP contribution in [0.5, 0.6) is 0 Å². The smallest absolute Gasteiger partial charge is 0.258 e. The SMILES string of the molecule is O=C(c1c(F)cccc1Cl)N(CCO)C1CCCC1. The lowest BCUT2D eigenvalue weighted by Crippen LogP contribution is -2.41. The number of hydrogen-bond donors (Lipinski definition) is 1. The molecule has 19 heavy (non-hydrogen) atoms. The number of aliphatic hydroxyl groups excluding tert-OH is 1. The van der Waals surface area contributed by atoms with E-state index < -0.39 is 11.7 Å². The number of hydrogen-bond acceptors (Lipinski definition) is 2. The summed E-state index contributed by atoms with van der Waals surface area (Å²) in [4.78, 5) is 14.0. The predicted molar refractivity (Wildman–Crippen MR) is 71.8 cm³/mol. The molecule has 0 saturated heterocycles. The van der Waals surface area contributed by atoms with E-state index in [1.807, 2.05) is 0 Å². The van der Waals surface area contributed by atoms with Crippen molar-refractivity contribution in [2.24, 2.45) is 0 Å². The summed E-state index contributed by atoms with van der Waals surface area (Å²) >= 11 is 5.93. The van der Waals surface area contributed by atoms with Gasteiger partial charge in [0.1, 0.15) is 5.82 Å². The van der Waals surface area contributed by atoms with Crippen LogP contribution in [-0.2, 0) is 0 Å². The van der Waals surface area contributed by atoms with Crippen LogP contribution in [0.15, 0.2) is 18.2 Å². The Labute approximate surface area is 117 Å². The zero-order valence-corrected chi connectivity index (χ0v) is 11.4. The minimum atomic E-state index is -0.613. The average molecular weight is 286 g/mol. The molecule has 1 fully saturated rings. The highest BCUT2D eigenvalue weighted by Crippen LogP contribution is 2.27. The van der Waals surface area contributed by atoms with Gasteiger partial charge in [-0.3, -0.25) is 4.79 Å². The Morgan fingerprint density at radius 1 is 1.42 bits per heavy atom. The molecule has 0 aliphatic heterocycles. The molecule has 1 aliphatic carbocycles. The monoisotopic (exact) mass is 285 g/mol. The van der Waals surface area contributed by atoms with Crippen molar-refractivity contribution in [1.82, 2.24) is 4.90 Å². The summed E-state index contributed by atoms with van der Waals surface area (Å²) in [5.74, 6) is -1.04. The Kier molecular flexibility index (Phi) is 4.77. The summed E-state index contributed by atoms with van der Waals surface area (Å²) in [6, 6.07) is 4.28. The molecule has 1 N–H and O–H groups in total. The van der Waals surface area contributed by atoms with Crippen molar-refractivity contribution in [1.29, 1.82) is 0 Å². The second-order valence-electron chi connectivity index (χ2n) is 4.76. The molecule has 0 bridgehead atoms. The van der Waals surface area contributed by atoms with Gasteiger partial charge in [-0.15, -0.1) is 0 Å². The molecule has 0 radical (unpaired) electrons. The number of amides is 1. The summed E-state index contributed by atoms with van der Waals surface area (Å²) in [5, 5.41) is 9.23. The van der Waals surface area contributed by atoms with Crippen LogP contribution < -0.4 is 0 Å². The highest BCUT2D eigenvalue weighted by molar-refractivity contribution is 6.33. The second-order valence-corrected chi connectivity index (χ2v) is 5.16. The summed E-state index contributed by atoms with van der Waals surface area (Å²) < 4.78 is 13.8. The number of rotatable bonds is 4. The van der Waals surface area contributed by atoms with Crippen LogP contribution in [0.2, 0.25) is 5.02 Å². The van der Waals surface area contributed by atoms with E-state index in [0.717, 1.165) is 25.7 Å². The molecule has 3 nitrogen and oxygen atoms in total. The van der Waals surface area contributed by atoms with Gasteiger partial charge in [-0.05, 0) is 25.0 Å². The van der Waals surface area contributed by atoms with Gasteiger partial charge in [0.05, 0.1) is 17.2 Å². The van der Waals surface area contributed by atoms with Crippen molar-refractivity contribution in [3.63, 3.8) is 0 Å². The van der Waals surface area contributed by atoms with Gasteiger partial charge in [-0.25, -0.2) is 4.39 Å². The molecule has 1 saturated carbocycles. The first-order chi connectivity index (χ1) is 9.15. The first-order valence-electron chi connectivity index (χ1n) is 6.51. The van der Waals surface area contributed by atoms with E-state index >= 15 is 0 Å². The second kappa shape index (κ2) is 6.35. The molecule has 0 heterocycles. The average Bonchev–Trinajstić information content (AvgIpc) is 2.89. The highest BCUT2D eigenvalue weighted by Gasteiger charge is 2.29. The Balaban J connectivity index is 2.28. The zero-order chi connectivity index (χ0) is 13.8. The lowest BCUT2D eigenvalue weighted by Gasteiger charge is -2.28. The first-order valence-corrected chi connectivity index (χ1v) is 6.88. The molecule has 1 aromatic carbocycles. The lowest BCUT2D eigenvalue weighted by atomic mass is 10.1. The molecule has 104 valence electrons. The molecule has 0 unspecified atom stereocenters. The molecule has 0 aromatic heterocycles. The maximum atomic E-state index is 13.8. The molecule has 0 spiro atoms. The van der Waals surface area contributed by atoms with E-state index in [9.17, 15) is 9.18 Å². The van der Waals surface area contributed by atoms with Gasteiger partial charge in [0.2, 0.25) is 0 Å². The van der Waals surface area contributed by atoms with Crippen molar-refractivity contribution in [3.8, 4) is 0 Å². The number of carbonyl (C=O) groups is 1. The van der Waals surface area contributed by atoms with E-state index in [2.05, 4.69) is 0 Å². The third-order valence-electron chi connectivity index (χ3n) is 3.54. The quantitative estimate of drug-likeness (QED) is 0.924. The maximum absolute atomic E-state index is 13.8. The highest BCUT2D eigenvalue weighted by atomic mass is 35.5. The minimum Gasteiger partial charge on any atom is -0.395 e. The summed E-state index contributed by atoms with van der Waals surface area (Å²) in [5.41, 5.74) is -0.0930. The molecule has 1 amide bonds. The summed E-state index contributed by atoms with van der Waals surface area (Å²) in [7, 11) is 0. The third kappa shape index (κ3) is 3.07. The van der Waals surface area contributed by atoms with Crippen LogP contribution in [0.25, 0.3) is 0 Å². The minimum absolute atomic E-state index is 0.0790. The van der Waals surface area contributed by atoms with Crippen molar-refractivity contribution in [3.05, 3.63) is 34.6 Å². The summed E-state index contributed by atoms with van der Waals surface area (Å²) in [6.45, 7) is 0.0858. The lowest BCUT2D eigenvalue weighted by molar-refractivity contribution is 0.0633. The van der Waals surface area contributed by atoms with Crippen LogP contribution in [-0.4, -0.2) is 35.1 Å². The number of benzene rings is 1. The van der Waals surface area contributed by atoms with E-state index in [1.165, 1.54) is 18.2 Å². The number of carbonyl (C=O) groups excluding carboxylic acids is 1. The molecule has 1 aromatic rings. The Morgan fingerprint density at radius 2 is 2.11 bits per heavy atom. The largest absolute Gasteiger partial charge is 0.395 e. The van der Waals surface area contributed by atoms with Crippen molar-refractivity contribution in [2.75, 3.05) is 13.2 Å². The van der Waals surface area contributed by atoms with E-state index in [1.54, 1.807) is 4.90 Å². The van der Waals surface area contributed by atoms with Gasteiger partial charge >= 0.3 is 0 Å². The fourth-order valence-corrected chi connectivity index (χ4v) is 2.86. The van der Waals surface area contributed by atoms with Gasteiger partial charge in [0.25, 0.3) is 5.91 Å². The van der Waals surface area contributed by atoms with Gasteiger partial charge in [-0.2, -0.15) is 0 Å². The van der Waals surface area contributed by atoms with Crippen LogP contribution in [0.4, 0.5) is 4.39 Å². The van der Waals surface area contributed by atoms with Gasteiger partial charge < -0.3 is 10.0 Å². The van der Waals surface area contributed by atoms with E-state index in [4.69, 9.17) is 16.7 Å². The van der Waals surface area contributed by atoms with Gasteiger partial charge in [0, 0.05) is 12.6 Å². The Hall–Kier alpha value is -1.13. The van der Waals surface area contributed by atoms with Crippen molar-refractivity contribution in [2.45, 2.75) is 31.7 Å². The van der Waals surface area contributed by atoms with Crippen LogP contribution in [0.3, 0.4) is 0 Å². The fourth-order valence-electron chi connectivity index (χ4n) is 2.62. The Morgan fingerprint density at radius 3 is 2.68 bits per heavy atom. The van der Waals surface area contributed by atoms with Crippen LogP contribution in [0.1, 0.15) is 36.0 Å². The maximum Gasteiger partial charge on any atom is 0.258 e. The van der Waals surface area contributed by atoms with Crippen LogP contribution >= 0.6 is 11.6 Å². The standard InChI is InChI=1S/C14H17ClFNO2/c15-11-6-3-7-12(16)13(11)14(19)17(8-9-18)10-4-1-2-5-10/h3,6-7,10,18H,1-2,4-5,8-9H2. The van der Waals surface area contributed by atoms with E-state index in [-0.39, 0.29) is 29.8 Å². The molecular formula is C14H17ClFNO2. The molecule has 0 atom stereocenters. The normalized spacial score (nSPS) is 15.7. The first kappa shape index (κ1) is 14.3. The molecule has 1 aliphatic rings. The molecular weight excluding hydrogens is 269 g/mol. The van der Waals surface area contributed by atoms with E-state index in [0.29, 0.717) is 0 Å². The predicted octanol–water partition coefficient (Wildman–Crippen LogP) is 2.86. The fraction of sp³-hybridized carbons (Fsp3) is 0.500. The molecule has 2 rings (SSSR count). The number of nitrogens with zero attached hydrogens (tertiary/aromatic N) is 1. The van der Waals surface area contributed by atoms with Gasteiger partial charge in [-0.1, -0.05) is 30.5 Å². The topological polar surface area (TPSA) is 40.5 Å². The van der Waals surface area contributed by atoms with Gasteiger partial charge in [0.15, 0.2) is 0 Å². The Bertz CT molecular complexity index is 441. The number of halogens is 2. The summed E-state index contributed by atoms with van der Waals surface area (Å²) in [6.07, 6.45) is 3.92.